The van der Waals surface area contributed by atoms with E-state index in [1.807, 2.05) is 18.2 Å². The third-order valence-electron chi connectivity index (χ3n) is 2.77. The number of pyridine rings is 1. The van der Waals surface area contributed by atoms with Crippen molar-refractivity contribution in [1.82, 2.24) is 9.88 Å². The van der Waals surface area contributed by atoms with Gasteiger partial charge in [-0.1, -0.05) is 11.2 Å². The highest BCUT2D eigenvalue weighted by Gasteiger charge is 2.27. The van der Waals surface area contributed by atoms with Gasteiger partial charge in [0.15, 0.2) is 5.84 Å². The van der Waals surface area contributed by atoms with Gasteiger partial charge in [-0.3, -0.25) is 9.88 Å². The molecular weight excluding hydrogens is 220 g/mol. The van der Waals surface area contributed by atoms with Gasteiger partial charge < -0.3 is 15.7 Å². The molecular formula is C11H16N4O2. The lowest BCUT2D eigenvalue weighted by Crippen LogP contribution is -2.44. The summed E-state index contributed by atoms with van der Waals surface area (Å²) in [5, 5.41) is 12.0. The van der Waals surface area contributed by atoms with E-state index in [9.17, 15) is 0 Å². The first-order chi connectivity index (χ1) is 8.33. The quantitative estimate of drug-likeness (QED) is 0.339. The van der Waals surface area contributed by atoms with Crippen molar-refractivity contribution in [2.75, 3.05) is 26.3 Å². The summed E-state index contributed by atoms with van der Waals surface area (Å²) in [5.74, 6) is 0.158. The van der Waals surface area contributed by atoms with Crippen molar-refractivity contribution in [3.63, 3.8) is 0 Å². The topological polar surface area (TPSA) is 84.0 Å². The molecule has 0 unspecified atom stereocenters. The second kappa shape index (κ2) is 5.60. The fourth-order valence-electron chi connectivity index (χ4n) is 1.95. The first-order valence-corrected chi connectivity index (χ1v) is 5.53. The van der Waals surface area contributed by atoms with Crippen LogP contribution < -0.4 is 5.73 Å². The van der Waals surface area contributed by atoms with E-state index in [1.165, 1.54) is 0 Å². The van der Waals surface area contributed by atoms with E-state index in [0.29, 0.717) is 13.2 Å². The maximum Gasteiger partial charge on any atom is 0.162 e. The normalized spacial score (nSPS) is 20.1. The van der Waals surface area contributed by atoms with Gasteiger partial charge in [0.1, 0.15) is 6.04 Å². The highest BCUT2D eigenvalue weighted by molar-refractivity contribution is 5.86. The zero-order chi connectivity index (χ0) is 12.1. The number of nitrogens with zero attached hydrogens (tertiary/aromatic N) is 3. The van der Waals surface area contributed by atoms with Gasteiger partial charge in [-0.2, -0.15) is 0 Å². The second-order valence-corrected chi connectivity index (χ2v) is 3.83. The summed E-state index contributed by atoms with van der Waals surface area (Å²) >= 11 is 0. The number of amidine groups is 1. The van der Waals surface area contributed by atoms with E-state index in [4.69, 9.17) is 15.7 Å². The lowest BCUT2D eigenvalue weighted by Gasteiger charge is -2.33. The van der Waals surface area contributed by atoms with Crippen LogP contribution in [0.2, 0.25) is 0 Å². The predicted octanol–water partition coefficient (Wildman–Crippen LogP) is 0.201. The summed E-state index contributed by atoms with van der Waals surface area (Å²) in [7, 11) is 0. The minimum Gasteiger partial charge on any atom is -0.409 e. The number of morpholine rings is 1. The fraction of sp³-hybridized carbons (Fsp3) is 0.455. The van der Waals surface area contributed by atoms with Crippen molar-refractivity contribution in [1.29, 1.82) is 0 Å². The molecule has 17 heavy (non-hydrogen) atoms. The van der Waals surface area contributed by atoms with Crippen LogP contribution in [0.15, 0.2) is 29.6 Å². The number of oxime groups is 1. The van der Waals surface area contributed by atoms with E-state index in [0.717, 1.165) is 18.8 Å². The van der Waals surface area contributed by atoms with E-state index in [2.05, 4.69) is 15.0 Å². The van der Waals surface area contributed by atoms with Crippen molar-refractivity contribution in [2.24, 2.45) is 10.9 Å². The SMILES string of the molecule is NC(=NO)[C@H](c1ccccn1)N1CCOCC1. The van der Waals surface area contributed by atoms with E-state index in [-0.39, 0.29) is 11.9 Å². The highest BCUT2D eigenvalue weighted by Crippen LogP contribution is 2.19. The Morgan fingerprint density at radius 3 is 2.82 bits per heavy atom. The molecule has 0 amide bonds. The molecule has 1 aromatic rings. The monoisotopic (exact) mass is 236 g/mol. The van der Waals surface area contributed by atoms with E-state index >= 15 is 0 Å². The van der Waals surface area contributed by atoms with Crippen LogP contribution in [-0.2, 0) is 4.74 Å². The standard InChI is InChI=1S/C11H16N4O2/c12-11(14-16)10(9-3-1-2-4-13-9)15-5-7-17-8-6-15/h1-4,10,16H,5-8H2,(H2,12,14)/t10-/m0/s1. The molecule has 1 aliphatic rings. The summed E-state index contributed by atoms with van der Waals surface area (Å²) < 4.78 is 5.29. The Morgan fingerprint density at radius 2 is 2.24 bits per heavy atom. The number of rotatable bonds is 3. The maximum atomic E-state index is 8.87. The summed E-state index contributed by atoms with van der Waals surface area (Å²) in [6.45, 7) is 2.80. The molecule has 1 aromatic heterocycles. The van der Waals surface area contributed by atoms with Crippen molar-refractivity contribution in [3.05, 3.63) is 30.1 Å². The third kappa shape index (κ3) is 2.72. The molecule has 0 aliphatic carbocycles. The summed E-state index contributed by atoms with van der Waals surface area (Å²) in [5.41, 5.74) is 6.54. The lowest BCUT2D eigenvalue weighted by atomic mass is 10.1. The predicted molar refractivity (Wildman–Crippen MR) is 62.8 cm³/mol. The van der Waals surface area contributed by atoms with Gasteiger partial charge in [0.2, 0.25) is 0 Å². The molecule has 0 aromatic carbocycles. The molecule has 6 heteroatoms. The lowest BCUT2D eigenvalue weighted by molar-refractivity contribution is 0.0273. The molecule has 3 N–H and O–H groups in total. The van der Waals surface area contributed by atoms with Crippen molar-refractivity contribution in [2.45, 2.75) is 6.04 Å². The number of nitrogens with two attached hydrogens (primary N) is 1. The molecule has 0 spiro atoms. The Bertz CT molecular complexity index is 376. The maximum absolute atomic E-state index is 8.87. The van der Waals surface area contributed by atoms with Crippen LogP contribution >= 0.6 is 0 Å². The number of hydrogen-bond donors (Lipinski definition) is 2. The van der Waals surface area contributed by atoms with Gasteiger partial charge in [0.05, 0.1) is 18.9 Å². The van der Waals surface area contributed by atoms with Gasteiger partial charge >= 0.3 is 0 Å². The minimum absolute atomic E-state index is 0.158. The fourth-order valence-corrected chi connectivity index (χ4v) is 1.95. The van der Waals surface area contributed by atoms with Crippen molar-refractivity contribution < 1.29 is 9.94 Å². The average molecular weight is 236 g/mol. The van der Waals surface area contributed by atoms with Crippen molar-refractivity contribution in [3.8, 4) is 0 Å². The zero-order valence-corrected chi connectivity index (χ0v) is 9.49. The smallest absolute Gasteiger partial charge is 0.162 e. The second-order valence-electron chi connectivity index (χ2n) is 3.83. The van der Waals surface area contributed by atoms with E-state index in [1.54, 1.807) is 6.20 Å². The Balaban J connectivity index is 2.25. The molecule has 1 fully saturated rings. The van der Waals surface area contributed by atoms with Gasteiger partial charge in [0.25, 0.3) is 0 Å². The average Bonchev–Trinajstić information content (AvgIpc) is 2.41. The number of aromatic nitrogens is 1. The molecule has 0 radical (unpaired) electrons. The van der Waals surface area contributed by atoms with Crippen LogP contribution in [0.5, 0.6) is 0 Å². The summed E-state index contributed by atoms with van der Waals surface area (Å²) in [4.78, 5) is 6.37. The van der Waals surface area contributed by atoms with Gasteiger partial charge in [-0.05, 0) is 12.1 Å². The van der Waals surface area contributed by atoms with Crippen LogP contribution in [-0.4, -0.2) is 47.2 Å². The third-order valence-corrected chi connectivity index (χ3v) is 2.77. The molecule has 2 heterocycles. The number of hydrogen-bond acceptors (Lipinski definition) is 5. The van der Waals surface area contributed by atoms with E-state index < -0.39 is 0 Å². The summed E-state index contributed by atoms with van der Waals surface area (Å²) in [6, 6.07) is 5.31. The highest BCUT2D eigenvalue weighted by atomic mass is 16.5. The molecule has 1 atom stereocenters. The van der Waals surface area contributed by atoms with Crippen LogP contribution in [0.1, 0.15) is 11.7 Å². The Labute approximate surface area is 99.7 Å². The zero-order valence-electron chi connectivity index (χ0n) is 9.49. The first-order valence-electron chi connectivity index (χ1n) is 5.53. The van der Waals surface area contributed by atoms with Crippen LogP contribution in [0.25, 0.3) is 0 Å². The van der Waals surface area contributed by atoms with Crippen LogP contribution in [0.3, 0.4) is 0 Å². The molecule has 6 nitrogen and oxygen atoms in total. The Morgan fingerprint density at radius 1 is 1.47 bits per heavy atom. The summed E-state index contributed by atoms with van der Waals surface area (Å²) in [6.07, 6.45) is 1.70. The van der Waals surface area contributed by atoms with Crippen LogP contribution in [0, 0.1) is 0 Å². The molecule has 2 rings (SSSR count). The van der Waals surface area contributed by atoms with Crippen molar-refractivity contribution >= 4 is 5.84 Å². The first kappa shape index (κ1) is 11.8. The molecule has 1 saturated heterocycles. The van der Waals surface area contributed by atoms with Gasteiger partial charge in [-0.25, -0.2) is 0 Å². The van der Waals surface area contributed by atoms with Gasteiger partial charge in [0, 0.05) is 19.3 Å². The Hall–Kier alpha value is -1.66. The molecule has 92 valence electrons. The minimum atomic E-state index is -0.287. The molecule has 1 aliphatic heterocycles. The number of ether oxygens (including phenoxy) is 1. The molecule has 0 saturated carbocycles. The van der Waals surface area contributed by atoms with Crippen LogP contribution in [0.4, 0.5) is 0 Å². The molecule has 0 bridgehead atoms. The Kier molecular flexibility index (Phi) is 3.89. The largest absolute Gasteiger partial charge is 0.409 e. The van der Waals surface area contributed by atoms with Gasteiger partial charge in [-0.15, -0.1) is 0 Å².